The topological polar surface area (TPSA) is 34.1 Å². The number of benzene rings is 2. The first kappa shape index (κ1) is 14.2. The summed E-state index contributed by atoms with van der Waals surface area (Å²) < 4.78 is 0. The number of hydrogen-bond donors (Lipinski definition) is 0. The van der Waals surface area contributed by atoms with Gasteiger partial charge in [0.1, 0.15) is 6.29 Å². The lowest BCUT2D eigenvalue weighted by Crippen LogP contribution is -2.08. The van der Waals surface area contributed by atoms with Gasteiger partial charge >= 0.3 is 0 Å². The summed E-state index contributed by atoms with van der Waals surface area (Å²) in [4.78, 5) is 23.1. The predicted molar refractivity (Wildman–Crippen MR) is 79.9 cm³/mol. The molecule has 0 N–H and O–H groups in total. The van der Waals surface area contributed by atoms with Crippen LogP contribution in [0.3, 0.4) is 0 Å². The van der Waals surface area contributed by atoms with Crippen molar-refractivity contribution in [2.45, 2.75) is 19.8 Å². The Labute approximate surface area is 119 Å². The third kappa shape index (κ3) is 3.41. The summed E-state index contributed by atoms with van der Waals surface area (Å²) in [6.07, 6.45) is 2.20. The molecule has 0 unspecified atom stereocenters. The summed E-state index contributed by atoms with van der Waals surface area (Å²) in [6.45, 7) is 2.03. The molecular formula is C18H18O2. The summed E-state index contributed by atoms with van der Waals surface area (Å²) in [5, 5.41) is 0. The number of ketones is 1. The Balaban J connectivity index is 2.28. The molecule has 0 aliphatic heterocycles. The van der Waals surface area contributed by atoms with Crippen LogP contribution in [0.5, 0.6) is 0 Å². The highest BCUT2D eigenvalue weighted by atomic mass is 16.1. The summed E-state index contributed by atoms with van der Waals surface area (Å²) in [5.74, 6) is 0.289. The van der Waals surface area contributed by atoms with Crippen LogP contribution in [0.2, 0.25) is 0 Å². The van der Waals surface area contributed by atoms with Crippen molar-refractivity contribution in [2.24, 2.45) is 5.92 Å². The third-order valence-corrected chi connectivity index (χ3v) is 3.36. The zero-order chi connectivity index (χ0) is 14.4. The van der Waals surface area contributed by atoms with Crippen LogP contribution in [-0.2, 0) is 11.2 Å². The second-order valence-electron chi connectivity index (χ2n) is 5.06. The number of aldehydes is 1. The van der Waals surface area contributed by atoms with E-state index in [0.717, 1.165) is 23.8 Å². The summed E-state index contributed by atoms with van der Waals surface area (Å²) in [5.41, 5.74) is 2.44. The first-order valence-electron chi connectivity index (χ1n) is 6.83. The average Bonchev–Trinajstić information content (AvgIpc) is 2.48. The van der Waals surface area contributed by atoms with Crippen molar-refractivity contribution in [2.75, 3.05) is 0 Å². The van der Waals surface area contributed by atoms with Gasteiger partial charge < -0.3 is 4.79 Å². The fraction of sp³-hybridized carbons (Fsp3) is 0.222. The molecule has 0 aromatic heterocycles. The van der Waals surface area contributed by atoms with Crippen LogP contribution in [0.15, 0.2) is 54.6 Å². The van der Waals surface area contributed by atoms with E-state index in [1.807, 2.05) is 61.5 Å². The minimum absolute atomic E-state index is 0.0412. The molecule has 0 radical (unpaired) electrons. The Hall–Kier alpha value is -2.22. The summed E-state index contributed by atoms with van der Waals surface area (Å²) in [6, 6.07) is 16.9. The molecule has 2 rings (SSSR count). The van der Waals surface area contributed by atoms with E-state index in [1.54, 1.807) is 0 Å². The van der Waals surface area contributed by atoms with Gasteiger partial charge in [-0.1, -0.05) is 61.5 Å². The standard InChI is InChI=1S/C18H18O2/c1-14(11-12-19)13-16-9-5-6-10-17(16)18(20)15-7-3-2-4-8-15/h2-10,12,14H,11,13H2,1H3/t14-/m1/s1. The normalized spacial score (nSPS) is 11.8. The highest BCUT2D eigenvalue weighted by Crippen LogP contribution is 2.19. The zero-order valence-corrected chi connectivity index (χ0v) is 11.6. The van der Waals surface area contributed by atoms with Gasteiger partial charge in [-0.3, -0.25) is 4.79 Å². The lowest BCUT2D eigenvalue weighted by molar-refractivity contribution is -0.108. The Kier molecular flexibility index (Phi) is 4.83. The molecule has 2 aromatic carbocycles. The van der Waals surface area contributed by atoms with Crippen molar-refractivity contribution < 1.29 is 9.59 Å². The Morgan fingerprint density at radius 3 is 2.40 bits per heavy atom. The van der Waals surface area contributed by atoms with E-state index in [-0.39, 0.29) is 11.7 Å². The largest absolute Gasteiger partial charge is 0.303 e. The number of rotatable bonds is 6. The summed E-state index contributed by atoms with van der Waals surface area (Å²) in [7, 11) is 0. The molecule has 0 spiro atoms. The predicted octanol–water partition coefficient (Wildman–Crippen LogP) is 3.69. The molecule has 2 aromatic rings. The van der Waals surface area contributed by atoms with Crippen molar-refractivity contribution >= 4 is 12.1 Å². The molecule has 0 aliphatic rings. The molecule has 102 valence electrons. The Morgan fingerprint density at radius 1 is 1.05 bits per heavy atom. The molecule has 0 saturated heterocycles. The number of carbonyl (C=O) groups excluding carboxylic acids is 2. The van der Waals surface area contributed by atoms with Crippen molar-refractivity contribution in [3.63, 3.8) is 0 Å². The zero-order valence-electron chi connectivity index (χ0n) is 11.6. The van der Waals surface area contributed by atoms with E-state index in [4.69, 9.17) is 0 Å². The second kappa shape index (κ2) is 6.80. The number of hydrogen-bond acceptors (Lipinski definition) is 2. The van der Waals surface area contributed by atoms with Crippen LogP contribution in [0, 0.1) is 5.92 Å². The van der Waals surface area contributed by atoms with Crippen LogP contribution < -0.4 is 0 Å². The first-order chi connectivity index (χ1) is 9.72. The highest BCUT2D eigenvalue weighted by molar-refractivity contribution is 6.09. The quantitative estimate of drug-likeness (QED) is 0.590. The molecule has 1 atom stereocenters. The molecular weight excluding hydrogens is 248 g/mol. The van der Waals surface area contributed by atoms with E-state index in [1.165, 1.54) is 0 Å². The molecule has 0 amide bonds. The SMILES string of the molecule is C[C@H](CC=O)Cc1ccccc1C(=O)c1ccccc1. The Bertz CT molecular complexity index is 587. The third-order valence-electron chi connectivity index (χ3n) is 3.36. The van der Waals surface area contributed by atoms with Gasteiger partial charge in [-0.2, -0.15) is 0 Å². The lowest BCUT2D eigenvalue weighted by atomic mass is 9.91. The van der Waals surface area contributed by atoms with Crippen LogP contribution in [-0.4, -0.2) is 12.1 Å². The summed E-state index contributed by atoms with van der Waals surface area (Å²) >= 11 is 0. The van der Waals surface area contributed by atoms with Crippen LogP contribution in [0.4, 0.5) is 0 Å². The first-order valence-corrected chi connectivity index (χ1v) is 6.83. The van der Waals surface area contributed by atoms with E-state index >= 15 is 0 Å². The molecule has 0 heterocycles. The van der Waals surface area contributed by atoms with E-state index < -0.39 is 0 Å². The maximum atomic E-state index is 12.5. The van der Waals surface area contributed by atoms with E-state index in [2.05, 4.69) is 0 Å². The van der Waals surface area contributed by atoms with Crippen molar-refractivity contribution in [1.29, 1.82) is 0 Å². The fourth-order valence-electron chi connectivity index (χ4n) is 2.29. The molecule has 20 heavy (non-hydrogen) atoms. The minimum atomic E-state index is 0.0412. The smallest absolute Gasteiger partial charge is 0.193 e. The maximum absolute atomic E-state index is 12.5. The van der Waals surface area contributed by atoms with Crippen LogP contribution in [0.1, 0.15) is 34.8 Å². The van der Waals surface area contributed by atoms with E-state index in [0.29, 0.717) is 12.0 Å². The maximum Gasteiger partial charge on any atom is 0.193 e. The highest BCUT2D eigenvalue weighted by Gasteiger charge is 2.14. The van der Waals surface area contributed by atoms with Crippen molar-refractivity contribution in [3.8, 4) is 0 Å². The van der Waals surface area contributed by atoms with Gasteiger partial charge in [0.2, 0.25) is 0 Å². The lowest BCUT2D eigenvalue weighted by Gasteiger charge is -2.12. The van der Waals surface area contributed by atoms with Gasteiger partial charge in [0.25, 0.3) is 0 Å². The minimum Gasteiger partial charge on any atom is -0.303 e. The van der Waals surface area contributed by atoms with Gasteiger partial charge in [-0.15, -0.1) is 0 Å². The molecule has 2 nitrogen and oxygen atoms in total. The van der Waals surface area contributed by atoms with Crippen LogP contribution in [0.25, 0.3) is 0 Å². The molecule has 2 heteroatoms. The van der Waals surface area contributed by atoms with Crippen molar-refractivity contribution in [3.05, 3.63) is 71.3 Å². The Morgan fingerprint density at radius 2 is 1.70 bits per heavy atom. The molecule has 0 saturated carbocycles. The fourth-order valence-corrected chi connectivity index (χ4v) is 2.29. The van der Waals surface area contributed by atoms with Gasteiger partial charge in [0.15, 0.2) is 5.78 Å². The van der Waals surface area contributed by atoms with E-state index in [9.17, 15) is 9.59 Å². The number of carbonyl (C=O) groups is 2. The molecule has 0 fully saturated rings. The van der Waals surface area contributed by atoms with Crippen molar-refractivity contribution in [1.82, 2.24) is 0 Å². The van der Waals surface area contributed by atoms with Gasteiger partial charge in [0.05, 0.1) is 0 Å². The van der Waals surface area contributed by atoms with Gasteiger partial charge in [0, 0.05) is 17.5 Å². The average molecular weight is 266 g/mol. The second-order valence-corrected chi connectivity index (χ2v) is 5.06. The van der Waals surface area contributed by atoms with Gasteiger partial charge in [-0.05, 0) is 17.9 Å². The molecule has 0 aliphatic carbocycles. The van der Waals surface area contributed by atoms with Crippen LogP contribution >= 0.6 is 0 Å². The van der Waals surface area contributed by atoms with Gasteiger partial charge in [-0.25, -0.2) is 0 Å². The molecule has 0 bridgehead atoms. The monoisotopic (exact) mass is 266 g/mol.